The number of nitro groups is 1. The number of hydrogen-bond acceptors (Lipinski definition) is 5. The highest BCUT2D eigenvalue weighted by atomic mass is 35.5. The van der Waals surface area contributed by atoms with Crippen molar-refractivity contribution in [3.63, 3.8) is 0 Å². The number of rotatable bonds is 7. The van der Waals surface area contributed by atoms with Gasteiger partial charge < -0.3 is 10.2 Å². The van der Waals surface area contributed by atoms with E-state index in [0.717, 1.165) is 0 Å². The quantitative estimate of drug-likeness (QED) is 0.441. The Morgan fingerprint density at radius 2 is 2.04 bits per heavy atom. The van der Waals surface area contributed by atoms with E-state index in [-0.39, 0.29) is 34.3 Å². The molecule has 0 aliphatic heterocycles. The number of hydrogen-bond donors (Lipinski definition) is 1. The Balaban J connectivity index is 2.33. The molecule has 0 radical (unpaired) electrons. The normalized spacial score (nSPS) is 12.1. The van der Waals surface area contributed by atoms with Crippen LogP contribution in [0.4, 0.5) is 15.8 Å². The zero-order chi connectivity index (χ0) is 19.4. The fourth-order valence-corrected chi connectivity index (χ4v) is 2.92. The number of benzene rings is 2. The number of carbonyl (C=O) groups excluding carboxylic acids is 1. The van der Waals surface area contributed by atoms with Crippen molar-refractivity contribution in [2.75, 3.05) is 26.0 Å². The number of nitrogens with one attached hydrogen (secondary N) is 1. The molecule has 0 aliphatic carbocycles. The zero-order valence-electron chi connectivity index (χ0n) is 14.6. The third kappa shape index (κ3) is 4.36. The minimum atomic E-state index is -0.560. The lowest BCUT2D eigenvalue weighted by Crippen LogP contribution is -2.28. The molecule has 2 rings (SSSR count). The van der Waals surface area contributed by atoms with Gasteiger partial charge in [-0.15, -0.1) is 0 Å². The third-order valence-corrected chi connectivity index (χ3v) is 4.37. The SMILES string of the molecule is CC(=O)c1ccc(NC[C@@H](c2c(F)cccc2Cl)N(C)C)c([N+](=O)[O-])c1. The maximum absolute atomic E-state index is 14.3. The fourth-order valence-electron chi connectivity index (χ4n) is 2.63. The van der Waals surface area contributed by atoms with Gasteiger partial charge in [0.15, 0.2) is 5.78 Å². The second-order valence-corrected chi connectivity index (χ2v) is 6.45. The summed E-state index contributed by atoms with van der Waals surface area (Å²) in [6.07, 6.45) is 0. The summed E-state index contributed by atoms with van der Waals surface area (Å²) >= 11 is 6.15. The summed E-state index contributed by atoms with van der Waals surface area (Å²) in [7, 11) is 3.53. The molecule has 0 saturated carbocycles. The maximum atomic E-state index is 14.3. The Hall–Kier alpha value is -2.51. The van der Waals surface area contributed by atoms with Crippen molar-refractivity contribution >= 4 is 28.8 Å². The van der Waals surface area contributed by atoms with E-state index >= 15 is 0 Å². The van der Waals surface area contributed by atoms with Gasteiger partial charge in [-0.2, -0.15) is 0 Å². The van der Waals surface area contributed by atoms with E-state index in [1.54, 1.807) is 25.1 Å². The molecule has 138 valence electrons. The Morgan fingerprint density at radius 3 is 2.58 bits per heavy atom. The Kier molecular flexibility index (Phi) is 6.28. The van der Waals surface area contributed by atoms with Gasteiger partial charge in [0.25, 0.3) is 5.69 Å². The Labute approximate surface area is 155 Å². The van der Waals surface area contributed by atoms with Crippen LogP contribution in [-0.2, 0) is 0 Å². The fraction of sp³-hybridized carbons (Fsp3) is 0.278. The second-order valence-electron chi connectivity index (χ2n) is 6.04. The van der Waals surface area contributed by atoms with E-state index in [9.17, 15) is 19.3 Å². The maximum Gasteiger partial charge on any atom is 0.293 e. The van der Waals surface area contributed by atoms with Gasteiger partial charge in [-0.1, -0.05) is 17.7 Å². The lowest BCUT2D eigenvalue weighted by atomic mass is 10.0. The van der Waals surface area contributed by atoms with E-state index in [1.165, 1.54) is 37.3 Å². The van der Waals surface area contributed by atoms with Crippen LogP contribution in [0.25, 0.3) is 0 Å². The summed E-state index contributed by atoms with van der Waals surface area (Å²) < 4.78 is 14.3. The molecule has 0 aromatic heterocycles. The minimum Gasteiger partial charge on any atom is -0.378 e. The van der Waals surface area contributed by atoms with Gasteiger partial charge in [0, 0.05) is 28.8 Å². The highest BCUT2D eigenvalue weighted by molar-refractivity contribution is 6.31. The largest absolute Gasteiger partial charge is 0.378 e. The number of carbonyl (C=O) groups is 1. The molecule has 6 nitrogen and oxygen atoms in total. The summed E-state index contributed by atoms with van der Waals surface area (Å²) in [4.78, 5) is 24.0. The van der Waals surface area contributed by atoms with E-state index in [2.05, 4.69) is 5.32 Å². The van der Waals surface area contributed by atoms with Gasteiger partial charge in [-0.25, -0.2) is 4.39 Å². The van der Waals surface area contributed by atoms with Crippen molar-refractivity contribution in [1.82, 2.24) is 4.90 Å². The molecule has 1 atom stereocenters. The molecule has 0 unspecified atom stereocenters. The number of nitrogens with zero attached hydrogens (tertiary/aromatic N) is 2. The molecule has 2 aromatic rings. The summed E-state index contributed by atoms with van der Waals surface area (Å²) in [6, 6.07) is 8.21. The highest BCUT2D eigenvalue weighted by Gasteiger charge is 2.23. The Bertz CT molecular complexity index is 822. The first-order chi connectivity index (χ1) is 12.2. The molecule has 1 N–H and O–H groups in total. The number of likely N-dealkylation sites (N-methyl/N-ethyl adjacent to an activating group) is 1. The monoisotopic (exact) mass is 379 g/mol. The van der Waals surface area contributed by atoms with E-state index in [1.807, 2.05) is 0 Å². The standard InChI is InChI=1S/C18H19ClFN3O3/c1-11(24)12-7-8-15(16(9-12)23(25)26)21-10-17(22(2)3)18-13(19)5-4-6-14(18)20/h4-9,17,21H,10H2,1-3H3/t17-/m0/s1. The predicted octanol–water partition coefficient (Wildman–Crippen LogP) is 4.30. The Morgan fingerprint density at radius 1 is 1.35 bits per heavy atom. The van der Waals surface area contributed by atoms with Gasteiger partial charge in [-0.05, 0) is 45.3 Å². The van der Waals surface area contributed by atoms with Crippen LogP contribution in [-0.4, -0.2) is 36.2 Å². The molecular weight excluding hydrogens is 361 g/mol. The molecule has 0 aliphatic rings. The average Bonchev–Trinajstić information content (AvgIpc) is 2.56. The van der Waals surface area contributed by atoms with E-state index in [4.69, 9.17) is 11.6 Å². The first kappa shape index (κ1) is 19.8. The smallest absolute Gasteiger partial charge is 0.293 e. The van der Waals surface area contributed by atoms with Gasteiger partial charge >= 0.3 is 0 Å². The highest BCUT2D eigenvalue weighted by Crippen LogP contribution is 2.31. The molecule has 2 aromatic carbocycles. The summed E-state index contributed by atoms with van der Waals surface area (Å²) in [6.45, 7) is 1.53. The predicted molar refractivity (Wildman–Crippen MR) is 99.4 cm³/mol. The molecular formula is C18H19ClFN3O3. The molecule has 8 heteroatoms. The number of halogens is 2. The number of Topliss-reactive ketones (excluding diaryl/α,β-unsaturated/α-hetero) is 1. The molecule has 26 heavy (non-hydrogen) atoms. The zero-order valence-corrected chi connectivity index (χ0v) is 15.4. The molecule has 0 amide bonds. The minimum absolute atomic E-state index is 0.188. The van der Waals surface area contributed by atoms with Gasteiger partial charge in [0.1, 0.15) is 11.5 Å². The van der Waals surface area contributed by atoms with Crippen molar-refractivity contribution in [3.05, 3.63) is 68.5 Å². The van der Waals surface area contributed by atoms with Crippen LogP contribution < -0.4 is 5.32 Å². The van der Waals surface area contributed by atoms with E-state index in [0.29, 0.717) is 5.56 Å². The van der Waals surface area contributed by atoms with Crippen molar-refractivity contribution in [3.8, 4) is 0 Å². The second kappa shape index (κ2) is 8.25. The molecule has 0 bridgehead atoms. The van der Waals surface area contributed by atoms with Gasteiger partial charge in [-0.3, -0.25) is 14.9 Å². The van der Waals surface area contributed by atoms with Gasteiger partial charge in [0.2, 0.25) is 0 Å². The van der Waals surface area contributed by atoms with Crippen LogP contribution >= 0.6 is 11.6 Å². The molecule has 0 heterocycles. The van der Waals surface area contributed by atoms with Crippen molar-refractivity contribution in [2.45, 2.75) is 13.0 Å². The molecule has 0 saturated heterocycles. The van der Waals surface area contributed by atoms with Crippen LogP contribution in [0.1, 0.15) is 28.9 Å². The number of nitro benzene ring substituents is 1. The van der Waals surface area contributed by atoms with Crippen molar-refractivity contribution in [1.29, 1.82) is 0 Å². The number of anilines is 1. The van der Waals surface area contributed by atoms with Crippen LogP contribution in [0, 0.1) is 15.9 Å². The average molecular weight is 380 g/mol. The van der Waals surface area contributed by atoms with Crippen molar-refractivity contribution < 1.29 is 14.1 Å². The number of ketones is 1. The molecule has 0 fully saturated rings. The first-order valence-corrected chi connectivity index (χ1v) is 8.23. The lowest BCUT2D eigenvalue weighted by molar-refractivity contribution is -0.384. The topological polar surface area (TPSA) is 75.5 Å². The lowest BCUT2D eigenvalue weighted by Gasteiger charge is -2.26. The van der Waals surface area contributed by atoms with Gasteiger partial charge in [0.05, 0.1) is 11.0 Å². The third-order valence-electron chi connectivity index (χ3n) is 4.04. The van der Waals surface area contributed by atoms with Crippen LogP contribution in [0.15, 0.2) is 36.4 Å². The summed E-state index contributed by atoms with van der Waals surface area (Å²) in [5, 5.41) is 14.6. The van der Waals surface area contributed by atoms with E-state index < -0.39 is 16.8 Å². The summed E-state index contributed by atoms with van der Waals surface area (Å²) in [5.74, 6) is -0.705. The van der Waals surface area contributed by atoms with Crippen LogP contribution in [0.2, 0.25) is 5.02 Å². The first-order valence-electron chi connectivity index (χ1n) is 7.86. The van der Waals surface area contributed by atoms with Crippen LogP contribution in [0.3, 0.4) is 0 Å². The summed E-state index contributed by atoms with van der Waals surface area (Å²) in [5.41, 5.74) is 0.604. The molecule has 0 spiro atoms. The van der Waals surface area contributed by atoms with Crippen molar-refractivity contribution in [2.24, 2.45) is 0 Å². The van der Waals surface area contributed by atoms with Crippen LogP contribution in [0.5, 0.6) is 0 Å².